The first kappa shape index (κ1) is 13.2. The lowest BCUT2D eigenvalue weighted by molar-refractivity contribution is -0.607. The molecule has 1 N–H and O–H groups in total. The molecule has 1 aromatic carbocycles. The van der Waals surface area contributed by atoms with E-state index in [4.69, 9.17) is 0 Å². The lowest BCUT2D eigenvalue weighted by Gasteiger charge is -2.18. The third-order valence-corrected chi connectivity index (χ3v) is 3.11. The summed E-state index contributed by atoms with van der Waals surface area (Å²) in [6.45, 7) is 1.94. The number of nitrogens with zero attached hydrogens (tertiary/aromatic N) is 1. The Bertz CT molecular complexity index is 572. The van der Waals surface area contributed by atoms with Gasteiger partial charge in [-0.2, -0.15) is 0 Å². The summed E-state index contributed by atoms with van der Waals surface area (Å²) in [5.41, 5.74) is 1.02. The zero-order chi connectivity index (χ0) is 13.9. The first-order valence-electron chi connectivity index (χ1n) is 6.01. The lowest BCUT2D eigenvalue weighted by atomic mass is 9.95. The zero-order valence-corrected chi connectivity index (χ0v) is 10.6. The molecule has 1 aliphatic rings. The molecule has 1 aliphatic carbocycles. The van der Waals surface area contributed by atoms with Crippen molar-refractivity contribution in [2.75, 3.05) is 0 Å². The molecule has 0 saturated carbocycles. The minimum Gasteiger partial charge on any atom is -0.327 e. The molecule has 0 radical (unpaired) electrons. The molecule has 0 aromatic heterocycles. The Morgan fingerprint density at radius 1 is 1.42 bits per heavy atom. The van der Waals surface area contributed by atoms with Crippen LogP contribution in [0.25, 0.3) is 6.08 Å². The standard InChI is InChI=1S/C15H15NO3/c1-12(11-13-5-3-2-4-6-13)14-7-9-15(17,10-8-14)16(18)19/h2-9,11,17H,10H2,1H3. The second kappa shape index (κ2) is 5.20. The van der Waals surface area contributed by atoms with Crippen LogP contribution in [-0.2, 0) is 0 Å². The van der Waals surface area contributed by atoms with Crippen LogP contribution in [0.5, 0.6) is 0 Å². The van der Waals surface area contributed by atoms with Crippen molar-refractivity contribution in [2.45, 2.75) is 19.1 Å². The van der Waals surface area contributed by atoms with Gasteiger partial charge in [0.1, 0.15) is 0 Å². The van der Waals surface area contributed by atoms with E-state index >= 15 is 0 Å². The Kier molecular flexibility index (Phi) is 3.62. The smallest absolute Gasteiger partial charge is 0.327 e. The van der Waals surface area contributed by atoms with Crippen LogP contribution in [-0.4, -0.2) is 15.8 Å². The minimum atomic E-state index is -1.96. The largest absolute Gasteiger partial charge is 0.345 e. The van der Waals surface area contributed by atoms with Crippen molar-refractivity contribution >= 4 is 6.08 Å². The molecule has 0 bridgehead atoms. The van der Waals surface area contributed by atoms with Crippen molar-refractivity contribution in [3.8, 4) is 0 Å². The van der Waals surface area contributed by atoms with Gasteiger partial charge in [-0.05, 0) is 29.7 Å². The van der Waals surface area contributed by atoms with E-state index < -0.39 is 10.6 Å². The van der Waals surface area contributed by atoms with E-state index in [-0.39, 0.29) is 6.42 Å². The number of allylic oxidation sites excluding steroid dienone is 3. The summed E-state index contributed by atoms with van der Waals surface area (Å²) in [6, 6.07) is 9.84. The molecule has 1 aromatic rings. The third-order valence-electron chi connectivity index (χ3n) is 3.11. The van der Waals surface area contributed by atoms with Crippen molar-refractivity contribution in [2.24, 2.45) is 0 Å². The van der Waals surface area contributed by atoms with Crippen LogP contribution in [0.1, 0.15) is 18.9 Å². The van der Waals surface area contributed by atoms with Gasteiger partial charge in [-0.1, -0.05) is 42.5 Å². The van der Waals surface area contributed by atoms with Crippen LogP contribution in [0, 0.1) is 10.1 Å². The molecule has 0 spiro atoms. The van der Waals surface area contributed by atoms with Crippen LogP contribution >= 0.6 is 0 Å². The van der Waals surface area contributed by atoms with Gasteiger partial charge in [0, 0.05) is 6.08 Å². The Balaban J connectivity index is 2.18. The zero-order valence-electron chi connectivity index (χ0n) is 10.6. The number of benzene rings is 1. The molecule has 2 rings (SSSR count). The second-order valence-electron chi connectivity index (χ2n) is 4.57. The topological polar surface area (TPSA) is 63.4 Å². The van der Waals surface area contributed by atoms with Crippen LogP contribution < -0.4 is 0 Å². The average molecular weight is 257 g/mol. The summed E-state index contributed by atoms with van der Waals surface area (Å²) < 4.78 is 0. The maximum atomic E-state index is 10.7. The van der Waals surface area contributed by atoms with Crippen molar-refractivity contribution in [3.63, 3.8) is 0 Å². The quantitative estimate of drug-likeness (QED) is 0.514. The van der Waals surface area contributed by atoms with Crippen LogP contribution in [0.3, 0.4) is 0 Å². The van der Waals surface area contributed by atoms with Crippen molar-refractivity contribution < 1.29 is 10.0 Å². The van der Waals surface area contributed by atoms with Gasteiger partial charge in [0.05, 0.1) is 11.3 Å². The molecule has 0 aliphatic heterocycles. The summed E-state index contributed by atoms with van der Waals surface area (Å²) in [5, 5.41) is 20.4. The van der Waals surface area contributed by atoms with Crippen molar-refractivity contribution in [3.05, 3.63) is 75.4 Å². The maximum Gasteiger partial charge on any atom is 0.345 e. The number of aliphatic hydroxyl groups is 1. The van der Waals surface area contributed by atoms with Crippen LogP contribution in [0.4, 0.5) is 0 Å². The van der Waals surface area contributed by atoms with Gasteiger partial charge in [-0.3, -0.25) is 10.1 Å². The highest BCUT2D eigenvalue weighted by atomic mass is 16.7. The van der Waals surface area contributed by atoms with E-state index in [1.807, 2.05) is 43.3 Å². The molecular formula is C15H15NO3. The number of rotatable bonds is 3. The highest BCUT2D eigenvalue weighted by Crippen LogP contribution is 2.26. The van der Waals surface area contributed by atoms with Gasteiger partial charge >= 0.3 is 5.72 Å². The van der Waals surface area contributed by atoms with E-state index in [1.165, 1.54) is 6.08 Å². The van der Waals surface area contributed by atoms with Crippen LogP contribution in [0.2, 0.25) is 0 Å². The summed E-state index contributed by atoms with van der Waals surface area (Å²) in [7, 11) is 0. The number of hydrogen-bond donors (Lipinski definition) is 1. The highest BCUT2D eigenvalue weighted by Gasteiger charge is 2.37. The molecule has 4 heteroatoms. The van der Waals surface area contributed by atoms with Gasteiger partial charge in [-0.25, -0.2) is 0 Å². The molecule has 98 valence electrons. The van der Waals surface area contributed by atoms with Crippen molar-refractivity contribution in [1.82, 2.24) is 0 Å². The van der Waals surface area contributed by atoms with Gasteiger partial charge in [0.25, 0.3) is 0 Å². The number of hydrogen-bond acceptors (Lipinski definition) is 3. The summed E-state index contributed by atoms with van der Waals surface area (Å²) >= 11 is 0. The predicted molar refractivity (Wildman–Crippen MR) is 73.9 cm³/mol. The summed E-state index contributed by atoms with van der Waals surface area (Å²) in [6.07, 6.45) is 6.53. The van der Waals surface area contributed by atoms with Gasteiger partial charge in [0.2, 0.25) is 0 Å². The van der Waals surface area contributed by atoms with E-state index in [9.17, 15) is 15.2 Å². The third kappa shape index (κ3) is 2.98. The van der Waals surface area contributed by atoms with Gasteiger partial charge < -0.3 is 5.11 Å². The van der Waals surface area contributed by atoms with Crippen LogP contribution in [0.15, 0.2) is 59.7 Å². The van der Waals surface area contributed by atoms with E-state index in [0.717, 1.165) is 16.7 Å². The molecule has 19 heavy (non-hydrogen) atoms. The van der Waals surface area contributed by atoms with Gasteiger partial charge in [0.15, 0.2) is 0 Å². The summed E-state index contributed by atoms with van der Waals surface area (Å²) in [5.74, 6) is 0. The van der Waals surface area contributed by atoms with E-state index in [0.29, 0.717) is 0 Å². The molecule has 1 atom stereocenters. The Labute approximate surface area is 111 Å². The average Bonchev–Trinajstić information content (AvgIpc) is 2.40. The first-order chi connectivity index (χ1) is 9.01. The predicted octanol–water partition coefficient (Wildman–Crippen LogP) is 2.94. The number of nitro groups is 1. The minimum absolute atomic E-state index is 0.00813. The van der Waals surface area contributed by atoms with E-state index in [2.05, 4.69) is 0 Å². The maximum absolute atomic E-state index is 10.7. The lowest BCUT2D eigenvalue weighted by Crippen LogP contribution is -2.36. The second-order valence-corrected chi connectivity index (χ2v) is 4.57. The summed E-state index contributed by atoms with van der Waals surface area (Å²) in [4.78, 5) is 10.0. The SMILES string of the molecule is CC(=Cc1ccccc1)C1=CCC(O)([N+](=O)[O-])C=C1. The molecule has 0 saturated heterocycles. The molecule has 0 heterocycles. The van der Waals surface area contributed by atoms with Crippen molar-refractivity contribution in [1.29, 1.82) is 0 Å². The first-order valence-corrected chi connectivity index (χ1v) is 6.01. The fourth-order valence-corrected chi connectivity index (χ4v) is 1.93. The Morgan fingerprint density at radius 3 is 2.63 bits per heavy atom. The fraction of sp³-hybridized carbons (Fsp3) is 0.200. The molecular weight excluding hydrogens is 242 g/mol. The Morgan fingerprint density at radius 2 is 2.11 bits per heavy atom. The molecule has 4 nitrogen and oxygen atoms in total. The normalized spacial score (nSPS) is 23.1. The van der Waals surface area contributed by atoms with E-state index in [1.54, 1.807) is 12.2 Å². The Hall–Kier alpha value is -2.20. The molecule has 0 fully saturated rings. The fourth-order valence-electron chi connectivity index (χ4n) is 1.93. The van der Waals surface area contributed by atoms with Gasteiger partial charge in [-0.15, -0.1) is 0 Å². The molecule has 1 unspecified atom stereocenters. The monoisotopic (exact) mass is 257 g/mol. The molecule has 0 amide bonds. The highest BCUT2D eigenvalue weighted by molar-refractivity contribution is 5.60.